The Morgan fingerprint density at radius 3 is 2.14 bits per heavy atom. The van der Waals surface area contributed by atoms with Crippen molar-refractivity contribution in [3.05, 3.63) is 69.8 Å². The number of hydrogen-bond acceptors (Lipinski definition) is 1. The van der Waals surface area contributed by atoms with Gasteiger partial charge in [-0.3, -0.25) is 0 Å². The Bertz CT molecular complexity index is 853. The van der Waals surface area contributed by atoms with Crippen molar-refractivity contribution in [1.29, 1.82) is 0 Å². The van der Waals surface area contributed by atoms with Crippen molar-refractivity contribution in [2.75, 3.05) is 13.2 Å². The van der Waals surface area contributed by atoms with Crippen LogP contribution in [-0.2, 0) is 22.0 Å². The van der Waals surface area contributed by atoms with Gasteiger partial charge in [-0.05, 0) is 78.2 Å². The first-order valence-electron chi connectivity index (χ1n) is 11.2. The molecule has 0 heterocycles. The maximum atomic E-state index is 5.60. The van der Waals surface area contributed by atoms with E-state index >= 15 is 0 Å². The van der Waals surface area contributed by atoms with Gasteiger partial charge in [0.1, 0.15) is 0 Å². The van der Waals surface area contributed by atoms with Crippen LogP contribution in [0.4, 0.5) is 0 Å². The predicted molar refractivity (Wildman–Crippen MR) is 127 cm³/mol. The number of aryl methyl sites for hydroxylation is 2. The van der Waals surface area contributed by atoms with Crippen molar-refractivity contribution in [2.45, 2.75) is 78.1 Å². The molecule has 1 aliphatic rings. The highest BCUT2D eigenvalue weighted by Crippen LogP contribution is 2.46. The molecule has 1 aliphatic carbocycles. The van der Waals surface area contributed by atoms with E-state index in [0.717, 1.165) is 26.1 Å². The van der Waals surface area contributed by atoms with E-state index in [1.54, 1.807) is 5.56 Å². The molecule has 0 saturated heterocycles. The van der Waals surface area contributed by atoms with Gasteiger partial charge in [0.05, 0.1) is 0 Å². The molecule has 0 atom stereocenters. The van der Waals surface area contributed by atoms with Gasteiger partial charge in [0.2, 0.25) is 0 Å². The highest BCUT2D eigenvalue weighted by Gasteiger charge is 2.37. The molecule has 0 amide bonds. The predicted octanol–water partition coefficient (Wildman–Crippen LogP) is 7.48. The third-order valence-corrected chi connectivity index (χ3v) is 6.58. The average Bonchev–Trinajstić information content (AvgIpc) is 2.68. The number of hydrogen-bond donors (Lipinski definition) is 0. The fraction of sp³-hybridized carbons (Fsp3) is 0.500. The summed E-state index contributed by atoms with van der Waals surface area (Å²) in [7, 11) is 0. The molecule has 29 heavy (non-hydrogen) atoms. The quantitative estimate of drug-likeness (QED) is 0.351. The van der Waals surface area contributed by atoms with Crippen molar-refractivity contribution in [2.24, 2.45) is 0 Å². The number of benzene rings is 2. The normalized spacial score (nSPS) is 17.4. The number of ether oxygens (including phenoxy) is 1. The van der Waals surface area contributed by atoms with E-state index in [1.165, 1.54) is 40.7 Å². The minimum atomic E-state index is 0.237. The first-order chi connectivity index (χ1) is 13.7. The monoisotopic (exact) mass is 390 g/mol. The molecule has 0 N–H and O–H groups in total. The minimum Gasteiger partial charge on any atom is -0.382 e. The lowest BCUT2D eigenvalue weighted by atomic mass is 9.62. The van der Waals surface area contributed by atoms with Gasteiger partial charge < -0.3 is 4.74 Å². The Labute approximate surface area is 178 Å². The summed E-state index contributed by atoms with van der Waals surface area (Å²) in [6.07, 6.45) is 9.22. The summed E-state index contributed by atoms with van der Waals surface area (Å²) in [6.45, 7) is 15.5. The largest absolute Gasteiger partial charge is 0.382 e. The van der Waals surface area contributed by atoms with E-state index in [2.05, 4.69) is 90.1 Å². The lowest BCUT2D eigenvalue weighted by Crippen LogP contribution is -2.34. The van der Waals surface area contributed by atoms with Crippen molar-refractivity contribution < 1.29 is 4.74 Å². The molecule has 1 heteroatoms. The fourth-order valence-corrected chi connectivity index (χ4v) is 4.42. The second-order valence-electron chi connectivity index (χ2n) is 9.91. The van der Waals surface area contributed by atoms with Crippen molar-refractivity contribution in [3.8, 4) is 0 Å². The van der Waals surface area contributed by atoms with Crippen molar-refractivity contribution in [1.82, 2.24) is 0 Å². The molecule has 156 valence electrons. The molecule has 2 aromatic carbocycles. The molecule has 3 rings (SSSR count). The summed E-state index contributed by atoms with van der Waals surface area (Å²) in [4.78, 5) is 0. The lowest BCUT2D eigenvalue weighted by Gasteiger charge is -2.42. The van der Waals surface area contributed by atoms with Crippen LogP contribution in [0.1, 0.15) is 87.3 Å². The van der Waals surface area contributed by atoms with Gasteiger partial charge >= 0.3 is 0 Å². The third-order valence-electron chi connectivity index (χ3n) is 6.58. The number of rotatable bonds is 7. The van der Waals surface area contributed by atoms with E-state index in [1.807, 2.05) is 0 Å². The fourth-order valence-electron chi connectivity index (χ4n) is 4.42. The average molecular weight is 391 g/mol. The second kappa shape index (κ2) is 8.88. The molecule has 0 fully saturated rings. The van der Waals surface area contributed by atoms with E-state index in [0.29, 0.717) is 0 Å². The van der Waals surface area contributed by atoms with Crippen LogP contribution < -0.4 is 0 Å². The zero-order valence-electron chi connectivity index (χ0n) is 19.3. The standard InChI is InChI=1S/C28H38O/c1-7-29-18-8-9-23-19-25-26(28(5,6)17-16-27(25,3)4)20-24(23)15-14-22-12-10-21(2)11-13-22/h10-15,19-20H,7-9,16-18H2,1-6H3/b15-14+. The molecule has 1 nitrogen and oxygen atoms in total. The zero-order chi connectivity index (χ0) is 21.1. The summed E-state index contributed by atoms with van der Waals surface area (Å²) < 4.78 is 5.60. The summed E-state index contributed by atoms with van der Waals surface area (Å²) in [5.74, 6) is 0. The van der Waals surface area contributed by atoms with Crippen LogP contribution in [0.5, 0.6) is 0 Å². The zero-order valence-corrected chi connectivity index (χ0v) is 19.3. The Hall–Kier alpha value is -1.86. The smallest absolute Gasteiger partial charge is 0.0469 e. The maximum absolute atomic E-state index is 5.60. The molecular weight excluding hydrogens is 352 g/mol. The van der Waals surface area contributed by atoms with Crippen LogP contribution in [0.15, 0.2) is 36.4 Å². The van der Waals surface area contributed by atoms with Crippen LogP contribution in [0.2, 0.25) is 0 Å². The Morgan fingerprint density at radius 2 is 1.52 bits per heavy atom. The SMILES string of the molecule is CCOCCCc1cc2c(cc1/C=C/c1ccc(C)cc1)C(C)(C)CCC2(C)C. The van der Waals surface area contributed by atoms with Gasteiger partial charge in [-0.2, -0.15) is 0 Å². The lowest BCUT2D eigenvalue weighted by molar-refractivity contribution is 0.145. The molecule has 2 aromatic rings. The van der Waals surface area contributed by atoms with Gasteiger partial charge in [0.25, 0.3) is 0 Å². The molecule has 0 unspecified atom stereocenters. The van der Waals surface area contributed by atoms with Crippen LogP contribution in [0.3, 0.4) is 0 Å². The molecule has 0 radical (unpaired) electrons. The summed E-state index contributed by atoms with van der Waals surface area (Å²) in [5, 5.41) is 0. The van der Waals surface area contributed by atoms with Crippen LogP contribution in [0.25, 0.3) is 12.2 Å². The van der Waals surface area contributed by atoms with Gasteiger partial charge in [-0.15, -0.1) is 0 Å². The maximum Gasteiger partial charge on any atom is 0.0469 e. The highest BCUT2D eigenvalue weighted by atomic mass is 16.5. The first kappa shape index (κ1) is 21.8. The first-order valence-corrected chi connectivity index (χ1v) is 11.2. The molecule has 0 spiro atoms. The van der Waals surface area contributed by atoms with E-state index in [-0.39, 0.29) is 10.8 Å². The van der Waals surface area contributed by atoms with Gasteiger partial charge in [-0.25, -0.2) is 0 Å². The molecule has 0 bridgehead atoms. The van der Waals surface area contributed by atoms with E-state index in [9.17, 15) is 0 Å². The minimum absolute atomic E-state index is 0.237. The summed E-state index contributed by atoms with van der Waals surface area (Å²) >= 11 is 0. The Morgan fingerprint density at radius 1 is 0.897 bits per heavy atom. The summed E-state index contributed by atoms with van der Waals surface area (Å²) in [5.41, 5.74) is 8.95. The number of fused-ring (bicyclic) bond motifs is 1. The van der Waals surface area contributed by atoms with Crippen molar-refractivity contribution in [3.63, 3.8) is 0 Å². The summed E-state index contributed by atoms with van der Waals surface area (Å²) in [6, 6.07) is 13.8. The molecule has 0 aromatic heterocycles. The van der Waals surface area contributed by atoms with Crippen LogP contribution in [0, 0.1) is 6.92 Å². The van der Waals surface area contributed by atoms with Crippen LogP contribution >= 0.6 is 0 Å². The molecule has 0 aliphatic heterocycles. The van der Waals surface area contributed by atoms with Gasteiger partial charge in [-0.1, -0.05) is 81.8 Å². The van der Waals surface area contributed by atoms with E-state index < -0.39 is 0 Å². The Balaban J connectivity index is 2.00. The van der Waals surface area contributed by atoms with Gasteiger partial charge in [0, 0.05) is 13.2 Å². The molecular formula is C28H38O. The van der Waals surface area contributed by atoms with E-state index in [4.69, 9.17) is 4.74 Å². The topological polar surface area (TPSA) is 9.23 Å². The Kier molecular flexibility index (Phi) is 6.69. The van der Waals surface area contributed by atoms with Gasteiger partial charge in [0.15, 0.2) is 0 Å². The highest BCUT2D eigenvalue weighted by molar-refractivity contribution is 5.72. The molecule has 0 saturated carbocycles. The van der Waals surface area contributed by atoms with Crippen LogP contribution in [-0.4, -0.2) is 13.2 Å². The van der Waals surface area contributed by atoms with Crippen molar-refractivity contribution >= 4 is 12.2 Å². The second-order valence-corrected chi connectivity index (χ2v) is 9.91. The third kappa shape index (κ3) is 5.20.